The first-order valence-corrected chi connectivity index (χ1v) is 47.1. The summed E-state index contributed by atoms with van der Waals surface area (Å²) in [7, 11) is -9.83. The standard InChI is InChI=1S/C95H158O16P2/c1-4-7-10-13-16-19-22-25-28-31-34-37-39-40-41-42-43-44-45-46-47-48-50-53-54-57-60-63-66-69-72-75-78-81-93(98)105-84-90(96)85-107-112(101,102)108-86-91(97)87-109-113(103,104)110-89-92(111-95(100)83-80-77-74-71-68-65-62-59-56-51-36-33-30-27-24-21-18-15-12-9-6-3)88-106-94(99)82-79-76-73-70-67-64-61-58-55-52-49-38-35-32-29-26-23-20-17-14-11-8-5-2/h7,9-10,12,16-21,25-30,34-38,40-41,51-52,55,59,62,68,71,90-92,96-97H,4-6,8,11,13-15,22-24,31-33,39,42-50,53-54,56-58,60-61,63-67,69-70,72-89H2,1-3H3,(H,101,102)(H,103,104)/b10-7-,12-9-,19-16-,20-17-,21-18-,28-25-,29-26-,30-27-,37-34-,38-35-,41-40-,51-36-,55-52-,62-59-,71-68-. The Morgan fingerprint density at radius 2 is 0.469 bits per heavy atom. The zero-order chi connectivity index (χ0) is 82.2. The first-order valence-electron chi connectivity index (χ1n) is 44.1. The highest BCUT2D eigenvalue weighted by Crippen LogP contribution is 2.45. The van der Waals surface area contributed by atoms with Gasteiger partial charge in [-0.05, 0) is 161 Å². The number of aliphatic hydroxyl groups excluding tert-OH is 2. The molecule has 0 rings (SSSR count). The van der Waals surface area contributed by atoms with Crippen LogP contribution < -0.4 is 0 Å². The molecule has 0 bridgehead atoms. The lowest BCUT2D eigenvalue weighted by atomic mass is 10.0. The van der Waals surface area contributed by atoms with Crippen LogP contribution in [0.15, 0.2) is 182 Å². The molecule has 5 unspecified atom stereocenters. The molecule has 0 radical (unpaired) electrons. The van der Waals surface area contributed by atoms with E-state index in [2.05, 4.69) is 203 Å². The van der Waals surface area contributed by atoms with Gasteiger partial charge in [0.1, 0.15) is 25.4 Å². The average Bonchev–Trinajstić information content (AvgIpc) is 0.898. The van der Waals surface area contributed by atoms with Gasteiger partial charge in [0.2, 0.25) is 0 Å². The Morgan fingerprint density at radius 1 is 0.257 bits per heavy atom. The summed E-state index contributed by atoms with van der Waals surface area (Å²) in [5.74, 6) is -1.64. The quantitative estimate of drug-likeness (QED) is 0.0146. The fraction of sp³-hybridized carbons (Fsp3) is 0.653. The highest BCUT2D eigenvalue weighted by atomic mass is 31.2. The summed E-state index contributed by atoms with van der Waals surface area (Å²) < 4.78 is 61.3. The van der Waals surface area contributed by atoms with E-state index >= 15 is 0 Å². The monoisotopic (exact) mass is 1620 g/mol. The molecule has 0 amide bonds. The van der Waals surface area contributed by atoms with Crippen LogP contribution in [0.2, 0.25) is 0 Å². The summed E-state index contributed by atoms with van der Waals surface area (Å²) >= 11 is 0. The summed E-state index contributed by atoms with van der Waals surface area (Å²) in [5, 5.41) is 20.7. The van der Waals surface area contributed by atoms with Crippen molar-refractivity contribution in [3.05, 3.63) is 182 Å². The average molecular weight is 1620 g/mol. The van der Waals surface area contributed by atoms with E-state index in [1.165, 1.54) is 116 Å². The van der Waals surface area contributed by atoms with Crippen LogP contribution in [0.3, 0.4) is 0 Å². The summed E-state index contributed by atoms with van der Waals surface area (Å²) in [6, 6.07) is 0. The van der Waals surface area contributed by atoms with E-state index in [1.807, 2.05) is 0 Å². The van der Waals surface area contributed by atoms with Gasteiger partial charge in [-0.1, -0.05) is 344 Å². The number of phosphoric ester groups is 2. The number of rotatable bonds is 82. The molecule has 644 valence electrons. The van der Waals surface area contributed by atoms with Gasteiger partial charge in [0, 0.05) is 19.3 Å². The Kier molecular flexibility index (Phi) is 81.9. The molecule has 0 aliphatic heterocycles. The van der Waals surface area contributed by atoms with Gasteiger partial charge < -0.3 is 34.2 Å². The third-order valence-corrected chi connectivity index (χ3v) is 20.0. The summed E-state index contributed by atoms with van der Waals surface area (Å²) in [5.41, 5.74) is 0. The van der Waals surface area contributed by atoms with Gasteiger partial charge in [-0.2, -0.15) is 0 Å². The molecule has 0 aromatic heterocycles. The van der Waals surface area contributed by atoms with Crippen molar-refractivity contribution in [1.82, 2.24) is 0 Å². The van der Waals surface area contributed by atoms with Crippen LogP contribution in [-0.2, 0) is 55.8 Å². The van der Waals surface area contributed by atoms with E-state index in [4.69, 9.17) is 32.3 Å². The van der Waals surface area contributed by atoms with E-state index in [0.717, 1.165) is 161 Å². The topological polar surface area (TPSA) is 231 Å². The van der Waals surface area contributed by atoms with Gasteiger partial charge in [0.25, 0.3) is 0 Å². The van der Waals surface area contributed by atoms with Crippen LogP contribution in [0.25, 0.3) is 0 Å². The van der Waals surface area contributed by atoms with Crippen LogP contribution in [0.5, 0.6) is 0 Å². The molecule has 0 heterocycles. The molecule has 0 aliphatic rings. The van der Waals surface area contributed by atoms with Crippen molar-refractivity contribution >= 4 is 33.6 Å². The van der Waals surface area contributed by atoms with Crippen molar-refractivity contribution in [2.75, 3.05) is 39.6 Å². The van der Waals surface area contributed by atoms with E-state index in [0.29, 0.717) is 25.7 Å². The molecule has 0 aliphatic carbocycles. The van der Waals surface area contributed by atoms with Gasteiger partial charge in [0.05, 0.1) is 26.4 Å². The maximum atomic E-state index is 13.0. The van der Waals surface area contributed by atoms with Gasteiger partial charge in [-0.3, -0.25) is 32.5 Å². The second-order valence-corrected chi connectivity index (χ2v) is 31.8. The third kappa shape index (κ3) is 87.3. The minimum absolute atomic E-state index is 0.0409. The lowest BCUT2D eigenvalue weighted by Gasteiger charge is -2.21. The molecular weight excluding hydrogens is 1460 g/mol. The van der Waals surface area contributed by atoms with Crippen molar-refractivity contribution in [3.8, 4) is 0 Å². The number of carbonyl (C=O) groups excluding carboxylic acids is 3. The summed E-state index contributed by atoms with van der Waals surface area (Å²) in [4.78, 5) is 58.9. The Hall–Kier alpha value is -5.35. The zero-order valence-electron chi connectivity index (χ0n) is 70.7. The summed E-state index contributed by atoms with van der Waals surface area (Å²) in [6.45, 7) is 2.38. The van der Waals surface area contributed by atoms with Crippen molar-refractivity contribution in [2.24, 2.45) is 0 Å². The first-order chi connectivity index (χ1) is 55.2. The molecule has 0 aromatic rings. The lowest BCUT2D eigenvalue weighted by Crippen LogP contribution is -2.30. The predicted octanol–water partition coefficient (Wildman–Crippen LogP) is 26.9. The van der Waals surface area contributed by atoms with Crippen LogP contribution in [0, 0.1) is 0 Å². The molecule has 0 saturated heterocycles. The SMILES string of the molecule is CC/C=C\C/C=C\C/C=C\C/C=C\C/C=C\C/C=C\CCCCC(=O)OC(COC(=O)CCCCCCCCC/C=C\C/C=C\C/C=C\C/C=C\CCCCC)COP(=O)(O)OCC(O)COP(=O)(O)OCC(O)COC(=O)CCCCCCCCCCCCCCCCCCC/C=C\C/C=C\C/C=C\C/C=C\C/C=C\CC. The largest absolute Gasteiger partial charge is 0.472 e. The molecule has 0 saturated carbocycles. The predicted molar refractivity (Wildman–Crippen MR) is 472 cm³/mol. The van der Waals surface area contributed by atoms with E-state index in [-0.39, 0.29) is 19.3 Å². The highest BCUT2D eigenvalue weighted by Gasteiger charge is 2.29. The number of allylic oxidation sites excluding steroid dienone is 30. The number of esters is 3. The molecule has 16 nitrogen and oxygen atoms in total. The highest BCUT2D eigenvalue weighted by molar-refractivity contribution is 7.47. The van der Waals surface area contributed by atoms with Crippen LogP contribution in [-0.4, -0.2) is 95.9 Å². The summed E-state index contributed by atoms with van der Waals surface area (Å²) in [6.07, 6.45) is 112. The van der Waals surface area contributed by atoms with Crippen molar-refractivity contribution in [1.29, 1.82) is 0 Å². The smallest absolute Gasteiger partial charge is 0.463 e. The minimum atomic E-state index is -4.96. The van der Waals surface area contributed by atoms with Gasteiger partial charge in [0.15, 0.2) is 6.10 Å². The number of phosphoric acid groups is 2. The van der Waals surface area contributed by atoms with Gasteiger partial charge in [-0.25, -0.2) is 9.13 Å². The van der Waals surface area contributed by atoms with Crippen LogP contribution >= 0.6 is 15.6 Å². The molecular formula is C95H158O16P2. The fourth-order valence-corrected chi connectivity index (χ4v) is 13.1. The maximum absolute atomic E-state index is 13.0. The Balaban J connectivity index is 4.60. The maximum Gasteiger partial charge on any atom is 0.472 e. The molecule has 0 fully saturated rings. The number of carbonyl (C=O) groups is 3. The number of hydrogen-bond donors (Lipinski definition) is 4. The minimum Gasteiger partial charge on any atom is -0.463 e. The second-order valence-electron chi connectivity index (χ2n) is 28.9. The third-order valence-electron chi connectivity index (χ3n) is 18.1. The number of unbranched alkanes of at least 4 members (excludes halogenated alkanes) is 29. The molecule has 113 heavy (non-hydrogen) atoms. The van der Waals surface area contributed by atoms with Crippen molar-refractivity contribution < 1.29 is 75.8 Å². The van der Waals surface area contributed by atoms with Gasteiger partial charge in [-0.15, -0.1) is 0 Å². The number of hydrogen-bond acceptors (Lipinski definition) is 14. The van der Waals surface area contributed by atoms with E-state index < -0.39 is 91.5 Å². The van der Waals surface area contributed by atoms with Crippen molar-refractivity contribution in [2.45, 2.75) is 360 Å². The fourth-order valence-electron chi connectivity index (χ4n) is 11.5. The van der Waals surface area contributed by atoms with Crippen LogP contribution in [0.4, 0.5) is 0 Å². The Labute approximate surface area is 687 Å². The molecule has 18 heteroatoms. The molecule has 5 atom stereocenters. The zero-order valence-corrected chi connectivity index (χ0v) is 72.5. The van der Waals surface area contributed by atoms with Crippen LogP contribution in [0.1, 0.15) is 342 Å². The normalized spacial score (nSPS) is 14.7. The molecule has 4 N–H and O–H groups in total. The van der Waals surface area contributed by atoms with Gasteiger partial charge >= 0.3 is 33.6 Å². The van der Waals surface area contributed by atoms with E-state index in [9.17, 15) is 43.5 Å². The number of ether oxygens (including phenoxy) is 3. The molecule has 0 spiro atoms. The first kappa shape index (κ1) is 108. The van der Waals surface area contributed by atoms with E-state index in [1.54, 1.807) is 0 Å². The molecule has 0 aromatic carbocycles. The lowest BCUT2D eigenvalue weighted by molar-refractivity contribution is -0.161. The Bertz CT molecular complexity index is 2780. The number of aliphatic hydroxyl groups is 2. The second kappa shape index (κ2) is 86.0. The Morgan fingerprint density at radius 3 is 0.761 bits per heavy atom. The van der Waals surface area contributed by atoms with Crippen molar-refractivity contribution in [3.63, 3.8) is 0 Å².